The predicted octanol–water partition coefficient (Wildman–Crippen LogP) is 1.88. The van der Waals surface area contributed by atoms with Gasteiger partial charge < -0.3 is 9.84 Å². The van der Waals surface area contributed by atoms with E-state index in [-0.39, 0.29) is 6.61 Å². The van der Waals surface area contributed by atoms with Gasteiger partial charge in [-0.25, -0.2) is 22.3 Å². The molecule has 2 N–H and O–H groups in total. The van der Waals surface area contributed by atoms with Gasteiger partial charge in [0.1, 0.15) is 5.82 Å². The van der Waals surface area contributed by atoms with E-state index >= 15 is 0 Å². The molecule has 9 heteroatoms. The fourth-order valence-electron chi connectivity index (χ4n) is 1.54. The van der Waals surface area contributed by atoms with E-state index < -0.39 is 43.3 Å². The summed E-state index contributed by atoms with van der Waals surface area (Å²) < 4.78 is 45.0. The summed E-state index contributed by atoms with van der Waals surface area (Å²) in [5.41, 5.74) is -0.616. The van der Waals surface area contributed by atoms with Gasteiger partial charge in [-0.15, -0.1) is 0 Å². The third kappa shape index (κ3) is 4.63. The van der Waals surface area contributed by atoms with Crippen molar-refractivity contribution in [2.75, 3.05) is 13.2 Å². The number of halogens is 2. The minimum absolute atomic E-state index is 0.136. The summed E-state index contributed by atoms with van der Waals surface area (Å²) in [5.74, 6) is -2.63. The zero-order valence-corrected chi connectivity index (χ0v) is 13.0. The fourth-order valence-corrected chi connectivity index (χ4v) is 2.99. The van der Waals surface area contributed by atoms with Crippen LogP contribution in [0, 0.1) is 5.82 Å². The summed E-state index contributed by atoms with van der Waals surface area (Å²) in [6, 6.07) is 0.926. The Hall–Kier alpha value is -1.22. The highest BCUT2D eigenvalue weighted by Crippen LogP contribution is 2.24. The van der Waals surface area contributed by atoms with Gasteiger partial charge in [-0.1, -0.05) is 11.6 Å². The number of carbonyl (C=O) groups is 1. The lowest BCUT2D eigenvalue weighted by Gasteiger charge is -2.14. The molecule has 0 saturated heterocycles. The van der Waals surface area contributed by atoms with Crippen LogP contribution in [-0.2, 0) is 14.8 Å². The monoisotopic (exact) mass is 339 g/mol. The first-order valence-corrected chi connectivity index (χ1v) is 7.87. The number of hydrogen-bond acceptors (Lipinski definition) is 4. The molecule has 1 rings (SSSR count). The molecule has 1 aromatic carbocycles. The van der Waals surface area contributed by atoms with Crippen LogP contribution in [0.5, 0.6) is 0 Å². The Labute approximate surface area is 126 Å². The number of hydrogen-bond donors (Lipinski definition) is 2. The van der Waals surface area contributed by atoms with Crippen molar-refractivity contribution in [3.05, 3.63) is 28.5 Å². The van der Waals surface area contributed by atoms with Crippen molar-refractivity contribution < 1.29 is 27.4 Å². The largest absolute Gasteiger partial charge is 0.478 e. The number of rotatable bonds is 7. The van der Waals surface area contributed by atoms with Crippen molar-refractivity contribution in [3.8, 4) is 0 Å². The number of aromatic carboxylic acids is 1. The van der Waals surface area contributed by atoms with Crippen molar-refractivity contribution in [3.63, 3.8) is 0 Å². The quantitative estimate of drug-likeness (QED) is 0.791. The topological polar surface area (TPSA) is 92.7 Å². The van der Waals surface area contributed by atoms with Gasteiger partial charge in [0.25, 0.3) is 0 Å². The molecule has 0 aliphatic carbocycles. The minimum Gasteiger partial charge on any atom is -0.478 e. The summed E-state index contributed by atoms with van der Waals surface area (Å²) in [6.07, 6.45) is 0. The molecule has 0 saturated carbocycles. The van der Waals surface area contributed by atoms with Crippen LogP contribution < -0.4 is 4.72 Å². The van der Waals surface area contributed by atoms with Crippen LogP contribution in [0.2, 0.25) is 5.02 Å². The number of sulfonamides is 1. The maximum Gasteiger partial charge on any atom is 0.337 e. The molecule has 1 unspecified atom stereocenters. The molecule has 0 aliphatic rings. The molecular formula is C12H15ClFNO5S. The van der Waals surface area contributed by atoms with Crippen LogP contribution in [0.15, 0.2) is 17.0 Å². The maximum atomic E-state index is 13.6. The van der Waals surface area contributed by atoms with Gasteiger partial charge in [-0.05, 0) is 26.0 Å². The van der Waals surface area contributed by atoms with E-state index in [2.05, 4.69) is 4.72 Å². The molecule has 0 aromatic heterocycles. The zero-order chi connectivity index (χ0) is 16.2. The SMILES string of the molecule is CCOCC(C)NS(=O)(=O)c1cc(F)c(Cl)c(C(=O)O)c1. The molecule has 1 atom stereocenters. The van der Waals surface area contributed by atoms with E-state index in [0.29, 0.717) is 12.7 Å². The lowest BCUT2D eigenvalue weighted by atomic mass is 10.2. The molecular weight excluding hydrogens is 325 g/mol. The number of carboxylic acids is 1. The zero-order valence-electron chi connectivity index (χ0n) is 11.4. The van der Waals surface area contributed by atoms with Crippen molar-refractivity contribution in [1.82, 2.24) is 4.72 Å². The normalized spacial score (nSPS) is 13.1. The number of carboxylic acid groups (broad SMARTS) is 1. The van der Waals surface area contributed by atoms with Crippen LogP contribution in [0.1, 0.15) is 24.2 Å². The number of nitrogens with one attached hydrogen (secondary N) is 1. The average Bonchev–Trinajstić information content (AvgIpc) is 2.38. The third-order valence-corrected chi connectivity index (χ3v) is 4.42. The van der Waals surface area contributed by atoms with Crippen molar-refractivity contribution in [2.45, 2.75) is 24.8 Å². The Morgan fingerprint density at radius 3 is 2.67 bits per heavy atom. The van der Waals surface area contributed by atoms with E-state index in [1.54, 1.807) is 13.8 Å². The smallest absolute Gasteiger partial charge is 0.337 e. The molecule has 0 amide bonds. The summed E-state index contributed by atoms with van der Waals surface area (Å²) in [4.78, 5) is 10.4. The highest BCUT2D eigenvalue weighted by Gasteiger charge is 2.23. The average molecular weight is 340 g/mol. The summed E-state index contributed by atoms with van der Waals surface area (Å²) in [5, 5.41) is 8.26. The second-order valence-electron chi connectivity index (χ2n) is 4.25. The van der Waals surface area contributed by atoms with E-state index in [0.717, 1.165) is 6.07 Å². The Kier molecular flexibility index (Phi) is 6.09. The molecule has 0 fully saturated rings. The van der Waals surface area contributed by atoms with Crippen molar-refractivity contribution in [2.24, 2.45) is 0 Å². The first kappa shape index (κ1) is 17.8. The van der Waals surface area contributed by atoms with Gasteiger partial charge in [0.15, 0.2) is 0 Å². The van der Waals surface area contributed by atoms with Crippen molar-refractivity contribution >= 4 is 27.6 Å². The first-order chi connectivity index (χ1) is 9.69. The Balaban J connectivity index is 3.12. The lowest BCUT2D eigenvalue weighted by molar-refractivity contribution is 0.0696. The second-order valence-corrected chi connectivity index (χ2v) is 6.35. The Morgan fingerprint density at radius 2 is 2.14 bits per heavy atom. The van der Waals surface area contributed by atoms with Gasteiger partial charge in [0.2, 0.25) is 10.0 Å². The van der Waals surface area contributed by atoms with Gasteiger partial charge in [-0.2, -0.15) is 0 Å². The molecule has 1 aromatic rings. The molecule has 0 radical (unpaired) electrons. The van der Waals surface area contributed by atoms with Gasteiger partial charge in [0, 0.05) is 12.6 Å². The molecule has 0 heterocycles. The highest BCUT2D eigenvalue weighted by molar-refractivity contribution is 7.89. The van der Waals surface area contributed by atoms with Crippen LogP contribution in [0.4, 0.5) is 4.39 Å². The Bertz CT molecular complexity index is 635. The highest BCUT2D eigenvalue weighted by atomic mass is 35.5. The fraction of sp³-hybridized carbons (Fsp3) is 0.417. The van der Waals surface area contributed by atoms with E-state index in [1.807, 2.05) is 0 Å². The van der Waals surface area contributed by atoms with Crippen LogP contribution in [0.3, 0.4) is 0 Å². The van der Waals surface area contributed by atoms with E-state index in [9.17, 15) is 17.6 Å². The van der Waals surface area contributed by atoms with Gasteiger partial charge in [-0.3, -0.25) is 0 Å². The molecule has 6 nitrogen and oxygen atoms in total. The molecule has 21 heavy (non-hydrogen) atoms. The van der Waals surface area contributed by atoms with E-state index in [4.69, 9.17) is 21.4 Å². The van der Waals surface area contributed by atoms with Crippen LogP contribution in [0.25, 0.3) is 0 Å². The number of ether oxygens (including phenoxy) is 1. The molecule has 0 spiro atoms. The summed E-state index contributed by atoms with van der Waals surface area (Å²) in [7, 11) is -4.08. The van der Waals surface area contributed by atoms with Crippen molar-refractivity contribution in [1.29, 1.82) is 0 Å². The summed E-state index contributed by atoms with van der Waals surface area (Å²) >= 11 is 5.49. The van der Waals surface area contributed by atoms with Gasteiger partial charge in [0.05, 0.1) is 22.1 Å². The maximum absolute atomic E-state index is 13.6. The second kappa shape index (κ2) is 7.17. The molecule has 0 aliphatic heterocycles. The molecule has 118 valence electrons. The van der Waals surface area contributed by atoms with Gasteiger partial charge >= 0.3 is 5.97 Å². The molecule has 0 bridgehead atoms. The standard InChI is InChI=1S/C12H15ClFNO5S/c1-3-20-6-7(2)15-21(18,19)8-4-9(12(16)17)11(13)10(14)5-8/h4-5,7,15H,3,6H2,1-2H3,(H,16,17). The van der Waals surface area contributed by atoms with E-state index in [1.165, 1.54) is 0 Å². The third-order valence-electron chi connectivity index (χ3n) is 2.47. The lowest BCUT2D eigenvalue weighted by Crippen LogP contribution is -2.36. The predicted molar refractivity (Wildman–Crippen MR) is 74.6 cm³/mol. The van der Waals surface area contributed by atoms with Crippen LogP contribution in [-0.4, -0.2) is 38.7 Å². The Morgan fingerprint density at radius 1 is 1.52 bits per heavy atom. The first-order valence-electron chi connectivity index (χ1n) is 6.01. The summed E-state index contributed by atoms with van der Waals surface area (Å²) in [6.45, 7) is 3.88. The van der Waals surface area contributed by atoms with Crippen LogP contribution >= 0.6 is 11.6 Å². The number of benzene rings is 1. The minimum atomic E-state index is -4.08.